The van der Waals surface area contributed by atoms with Gasteiger partial charge in [-0.3, -0.25) is 14.5 Å². The van der Waals surface area contributed by atoms with Crippen molar-refractivity contribution in [1.29, 1.82) is 5.26 Å². The van der Waals surface area contributed by atoms with Gasteiger partial charge in [-0.15, -0.1) is 0 Å². The summed E-state index contributed by atoms with van der Waals surface area (Å²) in [5.41, 5.74) is 1.75. The quantitative estimate of drug-likeness (QED) is 0.288. The summed E-state index contributed by atoms with van der Waals surface area (Å²) in [6, 6.07) is 25.1. The number of ketones is 1. The highest BCUT2D eigenvalue weighted by Crippen LogP contribution is 2.58. The van der Waals surface area contributed by atoms with Crippen LogP contribution in [0.5, 0.6) is 0 Å². The Morgan fingerprint density at radius 3 is 2.19 bits per heavy atom. The maximum Gasteiger partial charge on any atom is 0.248 e. The van der Waals surface area contributed by atoms with E-state index in [1.54, 1.807) is 52.2 Å². The fraction of sp³-hybridized carbons (Fsp3) is 0.147. The smallest absolute Gasteiger partial charge is 0.248 e. The molecule has 0 fully saturated rings. The number of carbonyl (C=O) groups is 2. The van der Waals surface area contributed by atoms with Crippen molar-refractivity contribution in [2.75, 3.05) is 9.80 Å². The lowest BCUT2D eigenvalue weighted by molar-refractivity contribution is -0.124. The molecular formula is C34H24F2N4O2. The van der Waals surface area contributed by atoms with E-state index in [1.807, 2.05) is 35.2 Å². The summed E-state index contributed by atoms with van der Waals surface area (Å²) in [5.74, 6) is -0.991. The molecule has 4 aromatic rings. The number of rotatable bonds is 4. The molecule has 0 saturated carbocycles. The predicted molar refractivity (Wildman–Crippen MR) is 154 cm³/mol. The van der Waals surface area contributed by atoms with Crippen LogP contribution in [0.2, 0.25) is 0 Å². The number of nitriles is 1. The Kier molecular flexibility index (Phi) is 5.91. The standard InChI is InChI=1S/C34H24F2N4O2/c35-23-12-10-22(11-13-23)21-39-28-7-2-1-6-26(28)34(33(39)42)27(20-37)32(38-18-3-4-19-38)40(25-16-14-24(36)15-17-25)29-8-5-9-30(41)31(29)34/h1-4,6-7,10-19H,5,8-9,21H2/t34-/m0/s1. The highest BCUT2D eigenvalue weighted by atomic mass is 19.1. The Bertz CT molecular complexity index is 1850. The largest absolute Gasteiger partial charge is 0.309 e. The molecule has 0 radical (unpaired) electrons. The molecule has 1 aromatic heterocycles. The Hall–Kier alpha value is -5.29. The molecule has 1 aliphatic carbocycles. The van der Waals surface area contributed by atoms with E-state index in [2.05, 4.69) is 6.07 Å². The van der Waals surface area contributed by atoms with E-state index >= 15 is 0 Å². The Morgan fingerprint density at radius 2 is 1.50 bits per heavy atom. The van der Waals surface area contributed by atoms with Crippen molar-refractivity contribution >= 4 is 28.9 Å². The minimum atomic E-state index is -1.69. The van der Waals surface area contributed by atoms with Crippen molar-refractivity contribution in [3.8, 4) is 6.07 Å². The van der Waals surface area contributed by atoms with E-state index in [4.69, 9.17) is 0 Å². The lowest BCUT2D eigenvalue weighted by Crippen LogP contribution is -2.51. The number of anilines is 2. The fourth-order valence-electron chi connectivity index (χ4n) is 6.60. The van der Waals surface area contributed by atoms with Gasteiger partial charge in [-0.25, -0.2) is 8.78 Å². The van der Waals surface area contributed by atoms with Gasteiger partial charge in [-0.2, -0.15) is 5.26 Å². The molecule has 6 nitrogen and oxygen atoms in total. The number of carbonyl (C=O) groups excluding carboxylic acids is 2. The van der Waals surface area contributed by atoms with Gasteiger partial charge in [0.2, 0.25) is 5.91 Å². The van der Waals surface area contributed by atoms with Gasteiger partial charge in [0.05, 0.1) is 12.1 Å². The first-order valence-electron chi connectivity index (χ1n) is 13.7. The molecule has 7 rings (SSSR count). The first-order valence-corrected chi connectivity index (χ1v) is 13.7. The van der Waals surface area contributed by atoms with Crippen molar-refractivity contribution in [3.63, 3.8) is 0 Å². The molecule has 3 aliphatic rings. The zero-order valence-electron chi connectivity index (χ0n) is 22.4. The minimum Gasteiger partial charge on any atom is -0.309 e. The second-order valence-corrected chi connectivity index (χ2v) is 10.6. The van der Waals surface area contributed by atoms with Gasteiger partial charge >= 0.3 is 0 Å². The summed E-state index contributed by atoms with van der Waals surface area (Å²) < 4.78 is 29.5. The van der Waals surface area contributed by atoms with Gasteiger partial charge in [-0.05, 0) is 73.0 Å². The Balaban J connectivity index is 1.55. The van der Waals surface area contributed by atoms with Crippen LogP contribution < -0.4 is 9.80 Å². The van der Waals surface area contributed by atoms with Crippen molar-refractivity contribution in [2.24, 2.45) is 0 Å². The van der Waals surface area contributed by atoms with Crippen molar-refractivity contribution < 1.29 is 18.4 Å². The van der Waals surface area contributed by atoms with Crippen molar-refractivity contribution in [3.05, 3.63) is 137 Å². The second kappa shape index (κ2) is 9.67. The molecule has 0 N–H and O–H groups in total. The van der Waals surface area contributed by atoms with Gasteiger partial charge in [0.25, 0.3) is 0 Å². The van der Waals surface area contributed by atoms with Gasteiger partial charge in [0.1, 0.15) is 28.9 Å². The Morgan fingerprint density at radius 1 is 0.833 bits per heavy atom. The molecule has 3 aromatic carbocycles. The summed E-state index contributed by atoms with van der Waals surface area (Å²) >= 11 is 0. The average molecular weight is 559 g/mol. The number of hydrogen-bond acceptors (Lipinski definition) is 4. The number of nitrogens with zero attached hydrogens (tertiary/aromatic N) is 4. The Labute approximate surface area is 241 Å². The highest BCUT2D eigenvalue weighted by Gasteiger charge is 2.62. The normalized spacial score (nSPS) is 19.8. The molecule has 1 amide bonds. The van der Waals surface area contributed by atoms with Gasteiger partial charge in [0.15, 0.2) is 5.78 Å². The van der Waals surface area contributed by atoms with E-state index in [-0.39, 0.29) is 35.7 Å². The first-order chi connectivity index (χ1) is 20.4. The second-order valence-electron chi connectivity index (χ2n) is 10.6. The van der Waals surface area contributed by atoms with E-state index in [9.17, 15) is 23.6 Å². The van der Waals surface area contributed by atoms with Crippen LogP contribution in [-0.2, 0) is 21.5 Å². The SMILES string of the molecule is N#CC1=C(n2cccc2)N(c2ccc(F)cc2)C2=C(C(=O)CCC2)[C@@]12C(=O)N(Cc1ccc(F)cc1)c1ccccc12. The molecule has 1 atom stereocenters. The molecule has 2 aliphatic heterocycles. The van der Waals surface area contributed by atoms with Crippen LogP contribution in [-0.4, -0.2) is 16.3 Å². The minimum absolute atomic E-state index is 0.107. The molecule has 42 heavy (non-hydrogen) atoms. The average Bonchev–Trinajstić information content (AvgIpc) is 3.62. The number of allylic oxidation sites excluding steroid dienone is 1. The molecule has 8 heteroatoms. The molecule has 1 spiro atoms. The lowest BCUT2D eigenvalue weighted by Gasteiger charge is -2.45. The van der Waals surface area contributed by atoms with Crippen LogP contribution in [0.15, 0.2) is 114 Å². The van der Waals surface area contributed by atoms with E-state index in [0.717, 1.165) is 0 Å². The van der Waals surface area contributed by atoms with E-state index in [0.29, 0.717) is 46.9 Å². The zero-order chi connectivity index (χ0) is 29.0. The van der Waals surface area contributed by atoms with E-state index < -0.39 is 17.1 Å². The van der Waals surface area contributed by atoms with Crippen LogP contribution in [0.25, 0.3) is 5.82 Å². The summed E-state index contributed by atoms with van der Waals surface area (Å²) in [6.07, 6.45) is 4.87. The maximum atomic E-state index is 15.0. The molecule has 0 bridgehead atoms. The number of benzene rings is 3. The number of hydrogen-bond donors (Lipinski definition) is 0. The number of Topliss-reactive ketones (excluding diaryl/α,β-unsaturated/α-hetero) is 1. The molecule has 206 valence electrons. The van der Waals surface area contributed by atoms with Crippen LogP contribution in [0.3, 0.4) is 0 Å². The number of halogens is 2. The molecule has 0 saturated heterocycles. The van der Waals surface area contributed by atoms with Crippen LogP contribution in [0.1, 0.15) is 30.4 Å². The number of para-hydroxylation sites is 1. The van der Waals surface area contributed by atoms with Gasteiger partial charge < -0.3 is 9.47 Å². The summed E-state index contributed by atoms with van der Waals surface area (Å²) in [6.45, 7) is 0.133. The van der Waals surface area contributed by atoms with Crippen LogP contribution >= 0.6 is 0 Å². The third-order valence-electron chi connectivity index (χ3n) is 8.30. The highest BCUT2D eigenvalue weighted by molar-refractivity contribution is 6.22. The predicted octanol–water partition coefficient (Wildman–Crippen LogP) is 6.47. The van der Waals surface area contributed by atoms with Crippen molar-refractivity contribution in [2.45, 2.75) is 31.2 Å². The molecule has 0 unspecified atom stereocenters. The molecule has 3 heterocycles. The third-order valence-corrected chi connectivity index (χ3v) is 8.30. The van der Waals surface area contributed by atoms with Crippen LogP contribution in [0, 0.1) is 23.0 Å². The first kappa shape index (κ1) is 25.7. The van der Waals surface area contributed by atoms with Gasteiger partial charge in [-0.1, -0.05) is 30.3 Å². The number of aromatic nitrogens is 1. The molecular weight excluding hydrogens is 534 g/mol. The van der Waals surface area contributed by atoms with E-state index in [1.165, 1.54) is 24.3 Å². The lowest BCUT2D eigenvalue weighted by atomic mass is 9.63. The van der Waals surface area contributed by atoms with Crippen molar-refractivity contribution in [1.82, 2.24) is 4.57 Å². The summed E-state index contributed by atoms with van der Waals surface area (Å²) in [5, 5.41) is 11.0. The van der Waals surface area contributed by atoms with Crippen LogP contribution in [0.4, 0.5) is 20.2 Å². The zero-order valence-corrected chi connectivity index (χ0v) is 22.4. The number of fused-ring (bicyclic) bond motifs is 3. The monoisotopic (exact) mass is 558 g/mol. The number of amides is 1. The summed E-state index contributed by atoms with van der Waals surface area (Å²) in [4.78, 5) is 32.4. The van der Waals surface area contributed by atoms with Gasteiger partial charge in [0, 0.05) is 47.0 Å². The summed E-state index contributed by atoms with van der Waals surface area (Å²) in [7, 11) is 0. The topological polar surface area (TPSA) is 69.3 Å². The third kappa shape index (κ3) is 3.60. The maximum absolute atomic E-state index is 15.0. The fourth-order valence-corrected chi connectivity index (χ4v) is 6.60.